The molecule has 0 aliphatic rings. The lowest BCUT2D eigenvalue weighted by atomic mass is 10.8. The summed E-state index contributed by atoms with van der Waals surface area (Å²) in [6, 6.07) is 1.83. The molecule has 0 fully saturated rings. The van der Waals surface area contributed by atoms with Gasteiger partial charge in [0.2, 0.25) is 0 Å². The largest absolute Gasteiger partial charge is 0.286 e. The third-order valence-corrected chi connectivity index (χ3v) is 0.406. The minimum Gasteiger partial charge on any atom is -0.286 e. The highest BCUT2D eigenvalue weighted by Crippen LogP contribution is 1.64. The topological polar surface area (TPSA) is 28.7 Å². The molecule has 2 nitrogen and oxygen atoms in total. The molecule has 7 heavy (non-hydrogen) atoms. The molecule has 0 bridgehead atoms. The Labute approximate surface area is 55.2 Å². The van der Waals surface area contributed by atoms with Crippen LogP contribution in [0.15, 0.2) is 18.5 Å². The van der Waals surface area contributed by atoms with E-state index in [9.17, 15) is 0 Å². The van der Waals surface area contributed by atoms with E-state index in [4.69, 9.17) is 0 Å². The number of halogens is 1. The van der Waals surface area contributed by atoms with Gasteiger partial charge in [0.15, 0.2) is 0 Å². The van der Waals surface area contributed by atoms with E-state index in [2.05, 4.69) is 10.2 Å². The van der Waals surface area contributed by atoms with Crippen molar-refractivity contribution in [3.63, 3.8) is 0 Å². The third kappa shape index (κ3) is 3.69. The molecule has 1 rings (SSSR count). The molecule has 0 radical (unpaired) electrons. The molecule has 1 N–H and O–H groups in total. The average Bonchev–Trinajstić information content (AvgIpc) is 1.76. The van der Waals surface area contributed by atoms with E-state index in [1.165, 1.54) is 0 Å². The summed E-state index contributed by atoms with van der Waals surface area (Å²) in [6.07, 6.45) is 3.46. The van der Waals surface area contributed by atoms with Crippen LogP contribution < -0.4 is 0 Å². The van der Waals surface area contributed by atoms with Gasteiger partial charge in [-0.3, -0.25) is 5.10 Å². The molecule has 0 aliphatic heterocycles. The molecule has 42 valence electrons. The fourth-order valence-electron chi connectivity index (χ4n) is 0.215. The maximum Gasteiger partial charge on any atom is 0.0487 e. The van der Waals surface area contributed by atoms with Crippen LogP contribution in [0.4, 0.5) is 0 Å². The Morgan fingerprint density at radius 3 is 2.29 bits per heavy atom. The maximum atomic E-state index is 3.60. The van der Waals surface area contributed by atoms with Crippen molar-refractivity contribution < 1.29 is 0 Å². The molecule has 0 aliphatic carbocycles. The Morgan fingerprint density at radius 1 is 1.43 bits per heavy atom. The first-order valence-corrected chi connectivity index (χ1v) is 1.44. The van der Waals surface area contributed by atoms with Gasteiger partial charge in [0.25, 0.3) is 0 Å². The fourth-order valence-corrected chi connectivity index (χ4v) is 0.215. The first kappa shape index (κ1) is 9.97. The van der Waals surface area contributed by atoms with E-state index < -0.39 is 0 Å². The Bertz CT molecular complexity index is 69.4. The quantitative estimate of drug-likeness (QED) is 0.568. The number of H-pyrrole nitrogens is 1. The monoisotopic (exact) mass is 138 g/mol. The molecule has 0 aromatic carbocycles. The Balaban J connectivity index is 0. The van der Waals surface area contributed by atoms with Crippen molar-refractivity contribution in [1.82, 2.24) is 10.2 Å². The van der Waals surface area contributed by atoms with Crippen LogP contribution in [-0.4, -0.2) is 10.2 Å². The number of nitrogens with one attached hydrogen (secondary N) is 1. The highest BCUT2D eigenvalue weighted by Gasteiger charge is 1.56. The zero-order chi connectivity index (χ0) is 3.54. The van der Waals surface area contributed by atoms with E-state index in [0.29, 0.717) is 0 Å². The van der Waals surface area contributed by atoms with Crippen molar-refractivity contribution in [2.45, 2.75) is 0 Å². The zero-order valence-electron chi connectivity index (χ0n) is 3.59. The van der Waals surface area contributed by atoms with Crippen molar-refractivity contribution in [2.24, 2.45) is 0 Å². The Kier molecular flexibility index (Phi) is 8.33. The first-order valence-electron chi connectivity index (χ1n) is 1.44. The summed E-state index contributed by atoms with van der Waals surface area (Å²) in [5.41, 5.74) is 0. The number of rotatable bonds is 0. The standard InChI is InChI=1S/C3H4N2.ClH.H2S/c1-2-4-5-3-1;;/h1-3H,(H,4,5);1H;1H2. The lowest BCUT2D eigenvalue weighted by Gasteiger charge is -1.49. The Hall–Kier alpha value is -0.150. The van der Waals surface area contributed by atoms with Crippen LogP contribution in [0.2, 0.25) is 0 Å². The van der Waals surface area contributed by atoms with Crippen LogP contribution in [0.5, 0.6) is 0 Å². The number of hydrogen-bond donors (Lipinski definition) is 1. The van der Waals surface area contributed by atoms with Crippen LogP contribution in [-0.2, 0) is 0 Å². The zero-order valence-corrected chi connectivity index (χ0v) is 5.40. The van der Waals surface area contributed by atoms with Crippen molar-refractivity contribution in [3.05, 3.63) is 18.5 Å². The summed E-state index contributed by atoms with van der Waals surface area (Å²) in [4.78, 5) is 0. The molecule has 0 saturated carbocycles. The van der Waals surface area contributed by atoms with Gasteiger partial charge in [0.1, 0.15) is 0 Å². The summed E-state index contributed by atoms with van der Waals surface area (Å²) in [5, 5.41) is 6.21. The van der Waals surface area contributed by atoms with Crippen molar-refractivity contribution in [1.29, 1.82) is 0 Å². The van der Waals surface area contributed by atoms with Gasteiger partial charge >= 0.3 is 0 Å². The molecular weight excluding hydrogens is 132 g/mol. The van der Waals surface area contributed by atoms with Gasteiger partial charge in [0, 0.05) is 12.4 Å². The summed E-state index contributed by atoms with van der Waals surface area (Å²) < 4.78 is 0. The molecular formula is C3H7ClN2S. The number of hydrogen-bond acceptors (Lipinski definition) is 1. The SMILES string of the molecule is Cl.S.c1cn[nH]c1. The molecule has 4 heteroatoms. The van der Waals surface area contributed by atoms with E-state index in [1.54, 1.807) is 12.4 Å². The van der Waals surface area contributed by atoms with Gasteiger partial charge < -0.3 is 0 Å². The first-order chi connectivity index (χ1) is 2.50. The number of nitrogens with zero attached hydrogens (tertiary/aromatic N) is 1. The van der Waals surface area contributed by atoms with E-state index >= 15 is 0 Å². The van der Waals surface area contributed by atoms with Crippen molar-refractivity contribution >= 4 is 25.9 Å². The highest BCUT2D eigenvalue weighted by atomic mass is 35.5. The number of aromatic nitrogens is 2. The number of aromatic amines is 1. The summed E-state index contributed by atoms with van der Waals surface area (Å²) in [5.74, 6) is 0. The van der Waals surface area contributed by atoms with Crippen LogP contribution in [0, 0.1) is 0 Å². The van der Waals surface area contributed by atoms with Gasteiger partial charge in [-0.15, -0.1) is 12.4 Å². The lowest BCUT2D eigenvalue weighted by Crippen LogP contribution is -1.53. The second-order valence-electron chi connectivity index (χ2n) is 0.766. The second-order valence-corrected chi connectivity index (χ2v) is 0.766. The smallest absolute Gasteiger partial charge is 0.0487 e. The fraction of sp³-hybridized carbons (Fsp3) is 0. The summed E-state index contributed by atoms with van der Waals surface area (Å²) in [6.45, 7) is 0. The van der Waals surface area contributed by atoms with Gasteiger partial charge in [-0.05, 0) is 6.07 Å². The summed E-state index contributed by atoms with van der Waals surface area (Å²) in [7, 11) is 0. The third-order valence-electron chi connectivity index (χ3n) is 0.406. The highest BCUT2D eigenvalue weighted by molar-refractivity contribution is 7.59. The van der Waals surface area contributed by atoms with Crippen LogP contribution in [0.25, 0.3) is 0 Å². The van der Waals surface area contributed by atoms with Gasteiger partial charge in [-0.2, -0.15) is 18.6 Å². The second kappa shape index (κ2) is 5.85. The average molecular weight is 139 g/mol. The maximum absolute atomic E-state index is 3.60. The molecule has 1 heterocycles. The molecule has 0 atom stereocenters. The van der Waals surface area contributed by atoms with Crippen LogP contribution >= 0.6 is 25.9 Å². The normalized spacial score (nSPS) is 5.71. The predicted molar refractivity (Wildman–Crippen MR) is 36.2 cm³/mol. The Morgan fingerprint density at radius 2 is 2.14 bits per heavy atom. The summed E-state index contributed by atoms with van der Waals surface area (Å²) >= 11 is 0. The predicted octanol–water partition coefficient (Wildman–Crippen LogP) is 0.944. The van der Waals surface area contributed by atoms with Crippen LogP contribution in [0.3, 0.4) is 0 Å². The van der Waals surface area contributed by atoms with Gasteiger partial charge in [-0.25, -0.2) is 0 Å². The minimum absolute atomic E-state index is 0. The van der Waals surface area contributed by atoms with Gasteiger partial charge in [-0.1, -0.05) is 0 Å². The minimum atomic E-state index is 0. The molecule has 0 unspecified atom stereocenters. The van der Waals surface area contributed by atoms with E-state index in [1.807, 2.05) is 6.07 Å². The van der Waals surface area contributed by atoms with Crippen molar-refractivity contribution in [3.8, 4) is 0 Å². The molecule has 0 amide bonds. The van der Waals surface area contributed by atoms with Gasteiger partial charge in [0.05, 0.1) is 0 Å². The van der Waals surface area contributed by atoms with E-state index in [-0.39, 0.29) is 25.9 Å². The lowest BCUT2D eigenvalue weighted by molar-refractivity contribution is 1.09. The molecule has 0 spiro atoms. The van der Waals surface area contributed by atoms with E-state index in [0.717, 1.165) is 0 Å². The molecule has 1 aromatic rings. The molecule has 0 saturated heterocycles. The van der Waals surface area contributed by atoms with Crippen molar-refractivity contribution in [2.75, 3.05) is 0 Å². The molecule has 1 aromatic heterocycles. The van der Waals surface area contributed by atoms with Crippen LogP contribution in [0.1, 0.15) is 0 Å².